The van der Waals surface area contributed by atoms with Crippen LogP contribution in [0.15, 0.2) is 30.3 Å². The predicted molar refractivity (Wildman–Crippen MR) is 70.0 cm³/mol. The number of amides is 1. The van der Waals surface area contributed by atoms with Gasteiger partial charge in [0.05, 0.1) is 4.92 Å². The number of hydrogen-bond acceptors (Lipinski definition) is 3. The minimum absolute atomic E-state index is 0.0382. The molecule has 0 heterocycles. The van der Waals surface area contributed by atoms with Gasteiger partial charge in [0.15, 0.2) is 0 Å². The molecule has 1 amide bonds. The van der Waals surface area contributed by atoms with Crippen molar-refractivity contribution >= 4 is 17.7 Å². The van der Waals surface area contributed by atoms with Crippen molar-refractivity contribution in [2.75, 3.05) is 0 Å². The number of nitro benzene ring substituents is 1. The first-order chi connectivity index (χ1) is 8.52. The topological polar surface area (TPSA) is 72.2 Å². The van der Waals surface area contributed by atoms with E-state index < -0.39 is 4.92 Å². The smallest absolute Gasteiger partial charge is 0.269 e. The lowest BCUT2D eigenvalue weighted by atomic mass is 10.2. The van der Waals surface area contributed by atoms with Crippen LogP contribution >= 0.6 is 0 Å². The number of carbonyl (C=O) groups excluding carboxylic acids is 1. The van der Waals surface area contributed by atoms with E-state index in [0.29, 0.717) is 0 Å². The van der Waals surface area contributed by atoms with E-state index >= 15 is 0 Å². The number of benzene rings is 1. The Kier molecular flexibility index (Phi) is 5.05. The Hall–Kier alpha value is -2.17. The number of rotatable bonds is 5. The lowest BCUT2D eigenvalue weighted by molar-refractivity contribution is -0.384. The Morgan fingerprint density at radius 3 is 2.56 bits per heavy atom. The lowest BCUT2D eigenvalue weighted by Gasteiger charge is -2.08. The second-order valence-corrected chi connectivity index (χ2v) is 4.00. The summed E-state index contributed by atoms with van der Waals surface area (Å²) in [4.78, 5) is 21.5. The zero-order valence-electron chi connectivity index (χ0n) is 10.4. The highest BCUT2D eigenvalue weighted by molar-refractivity contribution is 5.91. The van der Waals surface area contributed by atoms with Crippen molar-refractivity contribution in [3.8, 4) is 0 Å². The third-order valence-electron chi connectivity index (χ3n) is 2.53. The lowest BCUT2D eigenvalue weighted by Crippen LogP contribution is -2.30. The van der Waals surface area contributed by atoms with E-state index in [-0.39, 0.29) is 17.6 Å². The Bertz CT molecular complexity index is 452. The van der Waals surface area contributed by atoms with E-state index in [4.69, 9.17) is 0 Å². The number of nitro groups is 1. The molecule has 1 aromatic rings. The van der Waals surface area contributed by atoms with Crippen molar-refractivity contribution in [1.29, 1.82) is 0 Å². The minimum atomic E-state index is -0.455. The molecule has 18 heavy (non-hydrogen) atoms. The summed E-state index contributed by atoms with van der Waals surface area (Å²) in [5.41, 5.74) is 0.788. The molecule has 1 N–H and O–H groups in total. The third kappa shape index (κ3) is 4.37. The van der Waals surface area contributed by atoms with Gasteiger partial charge in [0.2, 0.25) is 5.91 Å². The zero-order chi connectivity index (χ0) is 13.5. The van der Waals surface area contributed by atoms with Gasteiger partial charge >= 0.3 is 0 Å². The minimum Gasteiger partial charge on any atom is -0.350 e. The molecule has 0 fully saturated rings. The highest BCUT2D eigenvalue weighted by Crippen LogP contribution is 2.12. The summed E-state index contributed by atoms with van der Waals surface area (Å²) in [6, 6.07) is 6.16. The highest BCUT2D eigenvalue weighted by atomic mass is 16.6. The molecular weight excluding hydrogens is 232 g/mol. The molecule has 0 spiro atoms. The molecule has 0 unspecified atom stereocenters. The van der Waals surface area contributed by atoms with Crippen LogP contribution in [0.2, 0.25) is 0 Å². The van der Waals surface area contributed by atoms with Crippen molar-refractivity contribution in [3.05, 3.63) is 46.0 Å². The van der Waals surface area contributed by atoms with E-state index in [1.807, 2.05) is 13.8 Å². The molecule has 0 aromatic heterocycles. The van der Waals surface area contributed by atoms with Gasteiger partial charge in [-0.1, -0.05) is 6.92 Å². The summed E-state index contributed by atoms with van der Waals surface area (Å²) >= 11 is 0. The molecule has 0 aliphatic heterocycles. The van der Waals surface area contributed by atoms with Gasteiger partial charge in [-0.3, -0.25) is 14.9 Å². The predicted octanol–water partition coefficient (Wildman–Crippen LogP) is 2.52. The van der Waals surface area contributed by atoms with Crippen LogP contribution < -0.4 is 5.32 Å². The maximum atomic E-state index is 11.5. The molecule has 0 saturated heterocycles. The first-order valence-corrected chi connectivity index (χ1v) is 5.76. The number of non-ortho nitro benzene ring substituents is 1. The van der Waals surface area contributed by atoms with Crippen LogP contribution in [0.5, 0.6) is 0 Å². The number of nitrogens with zero attached hydrogens (tertiary/aromatic N) is 1. The van der Waals surface area contributed by atoms with Crippen LogP contribution in [0.1, 0.15) is 25.8 Å². The van der Waals surface area contributed by atoms with Gasteiger partial charge < -0.3 is 5.32 Å². The van der Waals surface area contributed by atoms with Crippen LogP contribution in [0.4, 0.5) is 5.69 Å². The molecule has 0 bridgehead atoms. The van der Waals surface area contributed by atoms with E-state index in [9.17, 15) is 14.9 Å². The number of carbonyl (C=O) groups is 1. The number of nitrogens with one attached hydrogen (secondary N) is 1. The Morgan fingerprint density at radius 2 is 2.06 bits per heavy atom. The third-order valence-corrected chi connectivity index (χ3v) is 2.53. The molecule has 0 radical (unpaired) electrons. The van der Waals surface area contributed by atoms with Gasteiger partial charge in [-0.15, -0.1) is 0 Å². The van der Waals surface area contributed by atoms with Gasteiger partial charge in [0, 0.05) is 24.3 Å². The van der Waals surface area contributed by atoms with Crippen LogP contribution in [-0.2, 0) is 4.79 Å². The standard InChI is InChI=1S/C13H16N2O3/c1-3-10(2)14-13(16)9-6-11-4-7-12(8-5-11)15(17)18/h4-10H,3H2,1-2H3,(H,14,16)/b9-6-/t10-/m1/s1. The Labute approximate surface area is 106 Å². The van der Waals surface area contributed by atoms with Gasteiger partial charge in [0.25, 0.3) is 5.69 Å². The molecule has 0 aliphatic carbocycles. The summed E-state index contributed by atoms with van der Waals surface area (Å²) < 4.78 is 0. The molecule has 0 aliphatic rings. The quantitative estimate of drug-likeness (QED) is 0.494. The summed E-state index contributed by atoms with van der Waals surface area (Å²) in [5.74, 6) is -0.164. The van der Waals surface area contributed by atoms with E-state index in [1.54, 1.807) is 18.2 Å². The monoisotopic (exact) mass is 248 g/mol. The van der Waals surface area contributed by atoms with Crippen LogP contribution in [0.3, 0.4) is 0 Å². The average molecular weight is 248 g/mol. The molecule has 0 saturated carbocycles. The molecule has 5 heteroatoms. The van der Waals surface area contributed by atoms with Crippen molar-refractivity contribution in [2.45, 2.75) is 26.3 Å². The maximum absolute atomic E-state index is 11.5. The summed E-state index contributed by atoms with van der Waals surface area (Å²) in [6.45, 7) is 3.92. The van der Waals surface area contributed by atoms with Gasteiger partial charge in [-0.25, -0.2) is 0 Å². The highest BCUT2D eigenvalue weighted by Gasteiger charge is 2.03. The fourth-order valence-electron chi connectivity index (χ4n) is 1.27. The zero-order valence-corrected chi connectivity index (χ0v) is 10.4. The van der Waals surface area contributed by atoms with E-state index in [2.05, 4.69) is 5.32 Å². The SMILES string of the molecule is CC[C@@H](C)NC(=O)/C=C\c1ccc([N+](=O)[O-])cc1. The normalized spacial score (nSPS) is 12.3. The first-order valence-electron chi connectivity index (χ1n) is 5.76. The summed E-state index contributed by atoms with van der Waals surface area (Å²) in [6.07, 6.45) is 3.92. The molecule has 1 atom stereocenters. The Balaban J connectivity index is 2.61. The second-order valence-electron chi connectivity index (χ2n) is 4.00. The fraction of sp³-hybridized carbons (Fsp3) is 0.308. The van der Waals surface area contributed by atoms with Crippen molar-refractivity contribution in [2.24, 2.45) is 0 Å². The first kappa shape index (κ1) is 13.9. The van der Waals surface area contributed by atoms with Gasteiger partial charge in [-0.2, -0.15) is 0 Å². The molecule has 1 rings (SSSR count). The number of hydrogen-bond donors (Lipinski definition) is 1. The summed E-state index contributed by atoms with van der Waals surface area (Å²) in [7, 11) is 0. The maximum Gasteiger partial charge on any atom is 0.269 e. The molecular formula is C13H16N2O3. The largest absolute Gasteiger partial charge is 0.350 e. The second kappa shape index (κ2) is 6.54. The average Bonchev–Trinajstić information content (AvgIpc) is 2.36. The summed E-state index contributed by atoms with van der Waals surface area (Å²) in [5, 5.41) is 13.3. The molecule has 5 nitrogen and oxygen atoms in total. The van der Waals surface area contributed by atoms with Gasteiger partial charge in [0.1, 0.15) is 0 Å². The van der Waals surface area contributed by atoms with Crippen molar-refractivity contribution in [1.82, 2.24) is 5.32 Å². The van der Waals surface area contributed by atoms with E-state index in [1.165, 1.54) is 18.2 Å². The van der Waals surface area contributed by atoms with Crippen LogP contribution in [0, 0.1) is 10.1 Å². The van der Waals surface area contributed by atoms with E-state index in [0.717, 1.165) is 12.0 Å². The van der Waals surface area contributed by atoms with Crippen molar-refractivity contribution < 1.29 is 9.72 Å². The fourth-order valence-corrected chi connectivity index (χ4v) is 1.27. The Morgan fingerprint density at radius 1 is 1.44 bits per heavy atom. The molecule has 96 valence electrons. The molecule has 1 aromatic carbocycles. The van der Waals surface area contributed by atoms with Crippen LogP contribution in [0.25, 0.3) is 6.08 Å². The van der Waals surface area contributed by atoms with Gasteiger partial charge in [-0.05, 0) is 37.1 Å². The van der Waals surface area contributed by atoms with Crippen molar-refractivity contribution in [3.63, 3.8) is 0 Å². The van der Waals surface area contributed by atoms with Crippen LogP contribution in [-0.4, -0.2) is 16.9 Å².